The maximum Gasteiger partial charge on any atom is 0.408 e. The molecule has 1 atom stereocenters. The normalized spacial score (nSPS) is 12.8. The zero-order valence-corrected chi connectivity index (χ0v) is 14.3. The van der Waals surface area contributed by atoms with Gasteiger partial charge < -0.3 is 20.1 Å². The highest BCUT2D eigenvalue weighted by Crippen LogP contribution is 2.20. The Hall–Kier alpha value is -2.50. The first-order valence-electron chi connectivity index (χ1n) is 8.03. The summed E-state index contributed by atoms with van der Waals surface area (Å²) >= 11 is 0. The van der Waals surface area contributed by atoms with Crippen LogP contribution in [0, 0.1) is 0 Å². The van der Waals surface area contributed by atoms with Gasteiger partial charge in [0.05, 0.1) is 0 Å². The fourth-order valence-corrected chi connectivity index (χ4v) is 2.54. The van der Waals surface area contributed by atoms with Crippen LogP contribution in [0.2, 0.25) is 0 Å². The number of carboxylic acids is 1. The first kappa shape index (κ1) is 17.8. The molecule has 0 bridgehead atoms. The summed E-state index contributed by atoms with van der Waals surface area (Å²) in [5.41, 5.74) is 1.55. The van der Waals surface area contributed by atoms with E-state index >= 15 is 0 Å². The number of rotatable bonds is 6. The molecule has 0 saturated carbocycles. The van der Waals surface area contributed by atoms with Gasteiger partial charge in [0.15, 0.2) is 0 Å². The first-order chi connectivity index (χ1) is 11.3. The van der Waals surface area contributed by atoms with Crippen molar-refractivity contribution in [3.05, 3.63) is 36.0 Å². The fourth-order valence-electron chi connectivity index (χ4n) is 2.54. The van der Waals surface area contributed by atoms with E-state index in [4.69, 9.17) is 4.74 Å². The second-order valence-corrected chi connectivity index (χ2v) is 6.79. The van der Waals surface area contributed by atoms with E-state index in [1.54, 1.807) is 20.8 Å². The number of benzene rings is 1. The molecule has 1 aromatic heterocycles. The quantitative estimate of drug-likeness (QED) is 0.755. The summed E-state index contributed by atoms with van der Waals surface area (Å²) in [6.45, 7) is 5.21. The Morgan fingerprint density at radius 2 is 2.00 bits per heavy atom. The monoisotopic (exact) mass is 332 g/mol. The van der Waals surface area contributed by atoms with Crippen LogP contribution < -0.4 is 5.32 Å². The van der Waals surface area contributed by atoms with Gasteiger partial charge in [0.1, 0.15) is 11.6 Å². The van der Waals surface area contributed by atoms with Crippen molar-refractivity contribution in [2.24, 2.45) is 0 Å². The maximum atomic E-state index is 11.7. The van der Waals surface area contributed by atoms with E-state index in [1.807, 2.05) is 30.5 Å². The smallest absolute Gasteiger partial charge is 0.408 e. The van der Waals surface area contributed by atoms with Crippen molar-refractivity contribution in [3.8, 4) is 0 Å². The number of carbonyl (C=O) groups excluding carboxylic acids is 1. The minimum atomic E-state index is -1.06. The van der Waals surface area contributed by atoms with Crippen LogP contribution in [0.1, 0.15) is 39.2 Å². The lowest BCUT2D eigenvalue weighted by atomic mass is 10.0. The summed E-state index contributed by atoms with van der Waals surface area (Å²) in [6.07, 6.45) is 2.97. The molecule has 6 nitrogen and oxygen atoms in total. The van der Waals surface area contributed by atoms with E-state index in [0.717, 1.165) is 22.9 Å². The Bertz CT molecular complexity index is 715. The molecule has 24 heavy (non-hydrogen) atoms. The van der Waals surface area contributed by atoms with Crippen LogP contribution in [0.3, 0.4) is 0 Å². The van der Waals surface area contributed by atoms with E-state index in [2.05, 4.69) is 10.3 Å². The standard InChI is InChI=1S/C18H24N2O4/c1-18(2,3)24-17(23)20-15(16(21)22)10-6-7-12-11-19-14-9-5-4-8-13(12)14/h4-5,8-9,11,15,19H,6-7,10H2,1-3H3,(H,20,23)(H,21,22). The molecule has 1 unspecified atom stereocenters. The molecule has 0 aliphatic carbocycles. The van der Waals surface area contributed by atoms with Crippen molar-refractivity contribution in [1.82, 2.24) is 10.3 Å². The number of fused-ring (bicyclic) bond motifs is 1. The molecule has 2 aromatic rings. The first-order valence-corrected chi connectivity index (χ1v) is 8.03. The van der Waals surface area contributed by atoms with Gasteiger partial charge in [-0.1, -0.05) is 18.2 Å². The van der Waals surface area contributed by atoms with Crippen LogP contribution in [-0.2, 0) is 16.0 Å². The molecule has 0 aliphatic rings. The summed E-state index contributed by atoms with van der Waals surface area (Å²) in [7, 11) is 0. The summed E-state index contributed by atoms with van der Waals surface area (Å²) in [6, 6.07) is 7.03. The van der Waals surface area contributed by atoms with Crippen molar-refractivity contribution >= 4 is 23.0 Å². The number of nitrogens with one attached hydrogen (secondary N) is 2. The number of aromatic amines is 1. The average molecular weight is 332 g/mol. The number of hydrogen-bond acceptors (Lipinski definition) is 3. The highest BCUT2D eigenvalue weighted by atomic mass is 16.6. The Labute approximate surface area is 141 Å². The molecule has 0 saturated heterocycles. The maximum absolute atomic E-state index is 11.7. The second-order valence-electron chi connectivity index (χ2n) is 6.79. The third-order valence-corrected chi connectivity index (χ3v) is 3.60. The number of para-hydroxylation sites is 1. The summed E-state index contributed by atoms with van der Waals surface area (Å²) in [4.78, 5) is 26.3. The Morgan fingerprint density at radius 1 is 1.29 bits per heavy atom. The number of H-pyrrole nitrogens is 1. The number of aliphatic carboxylic acids is 1. The van der Waals surface area contributed by atoms with Gasteiger partial charge >= 0.3 is 12.1 Å². The molecule has 2 rings (SSSR count). The lowest BCUT2D eigenvalue weighted by Gasteiger charge is -2.22. The van der Waals surface area contributed by atoms with E-state index in [1.165, 1.54) is 0 Å². The van der Waals surface area contributed by atoms with Crippen molar-refractivity contribution in [2.75, 3.05) is 0 Å². The molecular formula is C18H24N2O4. The number of carbonyl (C=O) groups is 2. The van der Waals surface area contributed by atoms with E-state index in [9.17, 15) is 14.7 Å². The molecule has 1 heterocycles. The molecule has 1 aromatic carbocycles. The molecular weight excluding hydrogens is 308 g/mol. The van der Waals surface area contributed by atoms with Crippen LogP contribution in [0.5, 0.6) is 0 Å². The summed E-state index contributed by atoms with van der Waals surface area (Å²) < 4.78 is 5.11. The van der Waals surface area contributed by atoms with Crippen molar-refractivity contribution in [2.45, 2.75) is 51.7 Å². The van der Waals surface area contributed by atoms with Crippen molar-refractivity contribution in [1.29, 1.82) is 0 Å². The van der Waals surface area contributed by atoms with Crippen LogP contribution in [0.25, 0.3) is 10.9 Å². The van der Waals surface area contributed by atoms with Crippen LogP contribution in [0.15, 0.2) is 30.5 Å². The zero-order chi connectivity index (χ0) is 17.7. The lowest BCUT2D eigenvalue weighted by Crippen LogP contribution is -2.43. The number of alkyl carbamates (subject to hydrolysis) is 1. The van der Waals surface area contributed by atoms with Crippen LogP contribution in [0.4, 0.5) is 4.79 Å². The van der Waals surface area contributed by atoms with Gasteiger partial charge in [-0.25, -0.2) is 9.59 Å². The lowest BCUT2D eigenvalue weighted by molar-refractivity contribution is -0.139. The third kappa shape index (κ3) is 5.01. The molecule has 130 valence electrons. The number of amides is 1. The van der Waals surface area contributed by atoms with E-state index in [-0.39, 0.29) is 0 Å². The Balaban J connectivity index is 1.90. The minimum absolute atomic E-state index is 0.341. The van der Waals surface area contributed by atoms with Gasteiger partial charge in [-0.2, -0.15) is 0 Å². The highest BCUT2D eigenvalue weighted by molar-refractivity contribution is 5.83. The summed E-state index contributed by atoms with van der Waals surface area (Å²) in [5.74, 6) is -1.06. The molecule has 0 radical (unpaired) electrons. The van der Waals surface area contributed by atoms with Crippen LogP contribution >= 0.6 is 0 Å². The number of carboxylic acid groups (broad SMARTS) is 1. The SMILES string of the molecule is CC(C)(C)OC(=O)NC(CCCc1c[nH]c2ccccc12)C(=O)O. The third-order valence-electron chi connectivity index (χ3n) is 3.60. The molecule has 3 N–H and O–H groups in total. The van der Waals surface area contributed by atoms with E-state index < -0.39 is 23.7 Å². The number of aromatic nitrogens is 1. The number of aryl methyl sites for hydroxylation is 1. The Kier molecular flexibility index (Phi) is 5.49. The van der Waals surface area contributed by atoms with Gasteiger partial charge in [-0.3, -0.25) is 0 Å². The molecule has 6 heteroatoms. The summed E-state index contributed by atoms with van der Waals surface area (Å²) in [5, 5.41) is 12.8. The molecule has 0 spiro atoms. The van der Waals surface area contributed by atoms with Gasteiger partial charge in [-0.15, -0.1) is 0 Å². The van der Waals surface area contributed by atoms with Crippen LogP contribution in [-0.4, -0.2) is 33.8 Å². The fraction of sp³-hybridized carbons (Fsp3) is 0.444. The largest absolute Gasteiger partial charge is 0.480 e. The van der Waals surface area contributed by atoms with E-state index in [0.29, 0.717) is 12.8 Å². The molecule has 0 aliphatic heterocycles. The van der Waals surface area contributed by atoms with Crippen molar-refractivity contribution < 1.29 is 19.4 Å². The van der Waals surface area contributed by atoms with Gasteiger partial charge in [-0.05, 0) is 51.7 Å². The van der Waals surface area contributed by atoms with Gasteiger partial charge in [0.2, 0.25) is 0 Å². The zero-order valence-electron chi connectivity index (χ0n) is 14.3. The number of ether oxygens (including phenoxy) is 1. The Morgan fingerprint density at radius 3 is 2.67 bits per heavy atom. The highest BCUT2D eigenvalue weighted by Gasteiger charge is 2.23. The second kappa shape index (κ2) is 7.38. The van der Waals surface area contributed by atoms with Gasteiger partial charge in [0.25, 0.3) is 0 Å². The molecule has 0 fully saturated rings. The predicted octanol–water partition coefficient (Wildman–Crippen LogP) is 3.47. The average Bonchev–Trinajstić information content (AvgIpc) is 2.87. The predicted molar refractivity (Wildman–Crippen MR) is 92.0 cm³/mol. The molecule has 1 amide bonds. The topological polar surface area (TPSA) is 91.4 Å². The van der Waals surface area contributed by atoms with Gasteiger partial charge in [0, 0.05) is 17.1 Å². The minimum Gasteiger partial charge on any atom is -0.480 e. The number of hydrogen-bond donors (Lipinski definition) is 3. The van der Waals surface area contributed by atoms with Crippen molar-refractivity contribution in [3.63, 3.8) is 0 Å².